The Kier molecular flexibility index (Phi) is 977000. The lowest BCUT2D eigenvalue weighted by molar-refractivity contribution is 1.94. The first-order chi connectivity index (χ1) is 5.24. The highest BCUT2D eigenvalue weighted by atomic mass is 13.2. The van der Waals surface area contributed by atoms with Gasteiger partial charge in [-0.1, -0.05) is 119 Å². The summed E-state index contributed by atoms with van der Waals surface area (Å²) in [5.41, 5.74) is 0. The summed E-state index contributed by atoms with van der Waals surface area (Å²) in [6.45, 7) is 1.65. The topological polar surface area (TPSA) is 0 Å². The van der Waals surface area contributed by atoms with Crippen molar-refractivity contribution >= 4 is 0 Å². The maximum absolute atomic E-state index is 5.74. The minimum absolute atomic E-state index is 0. The maximum Gasteiger partial charge on any atom is 0.124 e. The lowest BCUT2D eigenvalue weighted by Crippen LogP contribution is -1.10. The zero-order chi connectivity index (χ0) is 10.1. The third-order valence-corrected chi connectivity index (χ3v) is 0. The average molecular weight is 359 g/mol. The summed E-state index contributed by atoms with van der Waals surface area (Å²) in [5.74, 6) is 2.25. The molecule has 0 bridgehead atoms. The van der Waals surface area contributed by atoms with E-state index in [0.717, 1.165) is 0 Å². The number of terminal acetylenes is 3. The molecule has 0 aromatic heterocycles. The molecule has 0 fully saturated rings. The van der Waals surface area contributed by atoms with Crippen molar-refractivity contribution in [3.05, 3.63) is 0 Å². The van der Waals surface area contributed by atoms with E-state index in [-0.39, 0.29) is 119 Å². The smallest absolute Gasteiger partial charge is 0.124 e. The summed E-state index contributed by atoms with van der Waals surface area (Å²) >= 11 is 0. The predicted molar refractivity (Wildman–Crippen MR) is 144 cm³/mol. The van der Waals surface area contributed by atoms with Crippen molar-refractivity contribution < 1.29 is 5.71 Å². The molecule has 23 heavy (non-hydrogen) atoms. The molecule has 0 heteroatoms. The Hall–Kier alpha value is -1.32. The molecule has 0 rings (SSSR count). The van der Waals surface area contributed by atoms with Crippen LogP contribution in [0.4, 0.5) is 0 Å². The van der Waals surface area contributed by atoms with E-state index >= 15 is 0 Å². The molecular formula is C23H74. The van der Waals surface area contributed by atoms with Crippen LogP contribution >= 0.6 is 0 Å². The Bertz CT molecular complexity index is 109. The molecule has 0 amide bonds. The molecule has 0 heterocycles. The van der Waals surface area contributed by atoms with Crippen LogP contribution in [0.2, 0.25) is 0 Å². The van der Waals surface area contributed by atoms with Crippen molar-refractivity contribution in [3.63, 3.8) is 0 Å². The SMILES string of the molecule is C.C.C.C.C.C.C.C.C.C.C.C.C.C.C.C.C#CC.[3H]C#C.[3H]C#C.[3H][3H]. The monoisotopic (exact) mass is 359 g/mol. The zero-order valence-corrected chi connectivity index (χ0v) is 4.23. The molecule has 0 N–H and O–H groups in total. The van der Waals surface area contributed by atoms with Gasteiger partial charge in [-0.15, -0.1) is 38.0 Å². The van der Waals surface area contributed by atoms with Crippen molar-refractivity contribution in [2.75, 3.05) is 0 Å². The third-order valence-electron chi connectivity index (χ3n) is 0. The molecule has 0 saturated carbocycles. The molecule has 0 unspecified atom stereocenters. The second-order valence-corrected chi connectivity index (χ2v) is 0.289. The predicted octanol–water partition coefficient (Wildman–Crippen LogP) is 11.6. The van der Waals surface area contributed by atoms with E-state index in [1.807, 2.05) is 0 Å². The maximum atomic E-state index is 5.74. The molecule has 0 aromatic carbocycles. The van der Waals surface area contributed by atoms with E-state index in [9.17, 15) is 0 Å². The molecule has 0 aliphatic carbocycles. The Balaban J connectivity index is -0.00000000113. The normalized spacial score (nSPS) is 1.48. The molecule has 0 saturated heterocycles. The average Bonchev–Trinajstić information content (AvgIpc) is 1.96. The highest BCUT2D eigenvalue weighted by molar-refractivity contribution is 4.73. The lowest BCUT2D eigenvalue weighted by atomic mass is 10.9. The minimum Gasteiger partial charge on any atom is -0.124 e. The summed E-state index contributed by atoms with van der Waals surface area (Å²) in [7, 11) is 0. The van der Waals surface area contributed by atoms with Crippen LogP contribution < -0.4 is 0 Å². The Morgan fingerprint density at radius 1 is 0.565 bits per heavy atom. The van der Waals surface area contributed by atoms with Gasteiger partial charge in [0, 0.05) is 2.97 Å². The van der Waals surface area contributed by atoms with Gasteiger partial charge < -0.3 is 0 Å². The van der Waals surface area contributed by atoms with Crippen LogP contribution in [-0.2, 0) is 0 Å². The summed E-state index contributed by atoms with van der Waals surface area (Å²) in [4.78, 5) is 0. The van der Waals surface area contributed by atoms with Gasteiger partial charge in [0.1, 0.15) is 2.74 Å². The molecule has 0 aromatic rings. The van der Waals surface area contributed by atoms with Gasteiger partial charge in [-0.2, -0.15) is 0 Å². The molecule has 0 aliphatic heterocycles. The highest BCUT2D eigenvalue weighted by Gasteiger charge is 1.09. The molecule has 0 radical (unpaired) electrons. The van der Waals surface area contributed by atoms with Crippen molar-refractivity contribution in [1.29, 1.82) is 0 Å². The first-order valence-corrected chi connectivity index (χ1v) is 1.37. The van der Waals surface area contributed by atoms with E-state index in [0.29, 0.717) is 0 Å². The van der Waals surface area contributed by atoms with Gasteiger partial charge in [0.05, 0.1) is 0 Å². The van der Waals surface area contributed by atoms with E-state index in [1.165, 1.54) is 12.8 Å². The Morgan fingerprint density at radius 3 is 0.565 bits per heavy atom. The van der Waals surface area contributed by atoms with Gasteiger partial charge in [-0.3, -0.25) is 0 Å². The molecule has 0 atom stereocenters. The summed E-state index contributed by atoms with van der Waals surface area (Å²) in [5, 5.41) is 0. The van der Waals surface area contributed by atoms with Crippen molar-refractivity contribution in [3.8, 4) is 38.0 Å². The molecule has 166 valence electrons. The van der Waals surface area contributed by atoms with E-state index < -0.39 is 0 Å². The Morgan fingerprint density at radius 2 is 0.565 bits per heavy atom. The van der Waals surface area contributed by atoms with E-state index in [4.69, 9.17) is 5.71 Å². The van der Waals surface area contributed by atoms with E-state index in [2.05, 4.69) is 25.2 Å². The van der Waals surface area contributed by atoms with Crippen LogP contribution in [0.25, 0.3) is 0 Å². The summed E-state index contributed by atoms with van der Waals surface area (Å²) < 4.78 is 21.5. The van der Waals surface area contributed by atoms with Crippen LogP contribution in [0.3, 0.4) is 0 Å². The molecule has 0 spiro atoms. The summed E-state index contributed by atoms with van der Waals surface area (Å²) in [6.07, 6.45) is 16.1. The van der Waals surface area contributed by atoms with Crippen LogP contribution in [0.15, 0.2) is 0 Å². The van der Waals surface area contributed by atoms with Gasteiger partial charge in [0.25, 0.3) is 0 Å². The highest BCUT2D eigenvalue weighted by Crippen LogP contribution is 1.21. The van der Waals surface area contributed by atoms with Crippen LogP contribution in [0, 0.1) is 38.0 Å². The molecule has 0 aliphatic rings. The fourth-order valence-electron chi connectivity index (χ4n) is 0. The van der Waals surface area contributed by atoms with Crippen LogP contribution in [0.5, 0.6) is 0 Å². The second kappa shape index (κ2) is 78200. The minimum atomic E-state index is 0. The van der Waals surface area contributed by atoms with E-state index in [1.54, 1.807) is 6.92 Å². The van der Waals surface area contributed by atoms with Crippen LogP contribution in [-0.4, -0.2) is 0 Å². The van der Waals surface area contributed by atoms with Gasteiger partial charge in [-0.25, -0.2) is 0 Å². The molecular weight excluding hydrogens is 276 g/mol. The van der Waals surface area contributed by atoms with Crippen molar-refractivity contribution in [2.24, 2.45) is 0 Å². The van der Waals surface area contributed by atoms with Crippen molar-refractivity contribution in [1.82, 2.24) is 0 Å². The fourth-order valence-corrected chi connectivity index (χ4v) is 0. The largest absolute Gasteiger partial charge is 0.124 e. The standard InChI is InChI=1S/C3H4.2C2H2.16CH4.H2/c1-3-2;2*1-2;;;;;;;;;;;;;;;;;/h1H,2H3;2*1-2H;16*1H4;1H/i;2*1T;;;;;;;;;;;;;;;;;1+2T. The van der Waals surface area contributed by atoms with Gasteiger partial charge in [0.15, 0.2) is 0 Å². The van der Waals surface area contributed by atoms with Gasteiger partial charge in [0.2, 0.25) is 0 Å². The fraction of sp³-hybridized carbons (Fsp3) is 0.739. The van der Waals surface area contributed by atoms with Crippen molar-refractivity contribution in [2.45, 2.75) is 126 Å². The first-order valence-electron chi connectivity index (χ1n) is 3.37. The second-order valence-electron chi connectivity index (χ2n) is 0.289. The van der Waals surface area contributed by atoms with Gasteiger partial charge >= 0.3 is 0 Å². The van der Waals surface area contributed by atoms with Gasteiger partial charge in [-0.05, 0) is 6.92 Å². The Labute approximate surface area is 170 Å². The first kappa shape index (κ1) is 287. The lowest BCUT2D eigenvalue weighted by Gasteiger charge is -1.23. The number of hydrogen-bond donors (Lipinski definition) is 0. The third kappa shape index (κ3) is 4140. The number of hydrogen-bond acceptors (Lipinski definition) is 0. The van der Waals surface area contributed by atoms with Crippen LogP contribution in [0.1, 0.15) is 131 Å². The quantitative estimate of drug-likeness (QED) is 0.377. The summed E-state index contributed by atoms with van der Waals surface area (Å²) in [6, 6.07) is 0. The molecule has 0 nitrogen and oxygen atoms in total. The zero-order valence-electron chi connectivity index (χ0n) is 8.23. The number of rotatable bonds is 0.